The van der Waals surface area contributed by atoms with Gasteiger partial charge in [0.25, 0.3) is 0 Å². The van der Waals surface area contributed by atoms with Gasteiger partial charge in [0.15, 0.2) is 0 Å². The lowest BCUT2D eigenvalue weighted by Gasteiger charge is -2.11. The molecule has 5 heteroatoms. The number of rotatable bonds is 4. The second kappa shape index (κ2) is 5.05. The van der Waals surface area contributed by atoms with E-state index in [9.17, 15) is 0 Å². The average molecular weight is 234 g/mol. The standard InChI is InChI=1S/C11H14N4S/c1-8(11-14-5-6-16-11)15-7-10-9(12)3-2-4-13-10/h2-6,8,15H,7,12H2,1H3. The molecule has 84 valence electrons. The first kappa shape index (κ1) is 11.0. The minimum Gasteiger partial charge on any atom is -0.397 e. The third-order valence-electron chi connectivity index (χ3n) is 2.32. The number of hydrogen-bond acceptors (Lipinski definition) is 5. The predicted molar refractivity (Wildman–Crippen MR) is 66.0 cm³/mol. The summed E-state index contributed by atoms with van der Waals surface area (Å²) in [5, 5.41) is 6.40. The van der Waals surface area contributed by atoms with Crippen molar-refractivity contribution in [1.82, 2.24) is 15.3 Å². The number of hydrogen-bond donors (Lipinski definition) is 2. The van der Waals surface area contributed by atoms with E-state index in [1.54, 1.807) is 17.5 Å². The molecule has 3 N–H and O–H groups in total. The highest BCUT2D eigenvalue weighted by atomic mass is 32.1. The SMILES string of the molecule is CC(NCc1ncccc1N)c1nccs1. The van der Waals surface area contributed by atoms with E-state index in [-0.39, 0.29) is 6.04 Å². The highest BCUT2D eigenvalue weighted by Crippen LogP contribution is 2.16. The van der Waals surface area contributed by atoms with E-state index in [1.807, 2.05) is 23.7 Å². The Kier molecular flexibility index (Phi) is 3.48. The van der Waals surface area contributed by atoms with E-state index in [0.717, 1.165) is 16.4 Å². The summed E-state index contributed by atoms with van der Waals surface area (Å²) in [6, 6.07) is 3.92. The third-order valence-corrected chi connectivity index (χ3v) is 3.28. The molecule has 0 bridgehead atoms. The molecule has 0 saturated heterocycles. The number of nitrogens with zero attached hydrogens (tertiary/aromatic N) is 2. The van der Waals surface area contributed by atoms with Crippen LogP contribution in [0.15, 0.2) is 29.9 Å². The Labute approximate surface area is 98.6 Å². The molecular formula is C11H14N4S. The van der Waals surface area contributed by atoms with Gasteiger partial charge < -0.3 is 11.1 Å². The number of anilines is 1. The van der Waals surface area contributed by atoms with Gasteiger partial charge in [-0.2, -0.15) is 0 Å². The molecule has 0 radical (unpaired) electrons. The van der Waals surface area contributed by atoms with Crippen LogP contribution in [0.3, 0.4) is 0 Å². The van der Waals surface area contributed by atoms with Crippen LogP contribution in [0.1, 0.15) is 23.7 Å². The van der Waals surface area contributed by atoms with Crippen molar-refractivity contribution in [2.24, 2.45) is 0 Å². The van der Waals surface area contributed by atoms with Crippen LogP contribution in [-0.2, 0) is 6.54 Å². The highest BCUT2D eigenvalue weighted by molar-refractivity contribution is 7.09. The van der Waals surface area contributed by atoms with Gasteiger partial charge in [-0.1, -0.05) is 0 Å². The van der Waals surface area contributed by atoms with Crippen molar-refractivity contribution in [3.8, 4) is 0 Å². The Bertz CT molecular complexity index is 441. The van der Waals surface area contributed by atoms with Gasteiger partial charge >= 0.3 is 0 Å². The largest absolute Gasteiger partial charge is 0.397 e. The van der Waals surface area contributed by atoms with E-state index >= 15 is 0 Å². The Balaban J connectivity index is 1.95. The zero-order chi connectivity index (χ0) is 11.4. The molecule has 0 saturated carbocycles. The van der Waals surface area contributed by atoms with Gasteiger partial charge in [-0.15, -0.1) is 11.3 Å². The topological polar surface area (TPSA) is 63.8 Å². The summed E-state index contributed by atoms with van der Waals surface area (Å²) in [5.41, 5.74) is 7.41. The monoisotopic (exact) mass is 234 g/mol. The first-order chi connectivity index (χ1) is 7.77. The van der Waals surface area contributed by atoms with Crippen LogP contribution in [-0.4, -0.2) is 9.97 Å². The fraction of sp³-hybridized carbons (Fsp3) is 0.273. The summed E-state index contributed by atoms with van der Waals surface area (Å²) in [7, 11) is 0. The number of thiazole rings is 1. The van der Waals surface area contributed by atoms with Crippen LogP contribution in [0.4, 0.5) is 5.69 Å². The first-order valence-electron chi connectivity index (χ1n) is 5.09. The molecule has 0 aliphatic carbocycles. The molecule has 0 spiro atoms. The van der Waals surface area contributed by atoms with E-state index in [4.69, 9.17) is 5.73 Å². The summed E-state index contributed by atoms with van der Waals surface area (Å²) in [4.78, 5) is 8.48. The van der Waals surface area contributed by atoms with Crippen molar-refractivity contribution in [3.63, 3.8) is 0 Å². The Morgan fingerprint density at radius 2 is 2.31 bits per heavy atom. The molecule has 2 aromatic rings. The van der Waals surface area contributed by atoms with Crippen LogP contribution in [0.25, 0.3) is 0 Å². The zero-order valence-corrected chi connectivity index (χ0v) is 9.87. The van der Waals surface area contributed by atoms with E-state index in [2.05, 4.69) is 22.2 Å². The van der Waals surface area contributed by atoms with Crippen molar-refractivity contribution >= 4 is 17.0 Å². The quantitative estimate of drug-likeness (QED) is 0.849. The van der Waals surface area contributed by atoms with Gasteiger partial charge in [0, 0.05) is 24.3 Å². The lowest BCUT2D eigenvalue weighted by molar-refractivity contribution is 0.566. The molecule has 2 rings (SSSR count). The first-order valence-corrected chi connectivity index (χ1v) is 5.97. The number of nitrogens with one attached hydrogen (secondary N) is 1. The molecule has 0 aliphatic rings. The molecule has 0 aliphatic heterocycles. The molecule has 0 amide bonds. The second-order valence-electron chi connectivity index (χ2n) is 3.51. The fourth-order valence-corrected chi connectivity index (χ4v) is 2.05. The zero-order valence-electron chi connectivity index (χ0n) is 9.05. The molecule has 4 nitrogen and oxygen atoms in total. The van der Waals surface area contributed by atoms with Crippen LogP contribution < -0.4 is 11.1 Å². The number of pyridine rings is 1. The Morgan fingerprint density at radius 3 is 3.00 bits per heavy atom. The van der Waals surface area contributed by atoms with E-state index < -0.39 is 0 Å². The highest BCUT2D eigenvalue weighted by Gasteiger charge is 2.08. The Hall–Kier alpha value is -1.46. The Morgan fingerprint density at radius 1 is 1.44 bits per heavy atom. The van der Waals surface area contributed by atoms with Crippen LogP contribution in [0, 0.1) is 0 Å². The van der Waals surface area contributed by atoms with Gasteiger partial charge in [0.1, 0.15) is 5.01 Å². The maximum Gasteiger partial charge on any atom is 0.109 e. The van der Waals surface area contributed by atoms with E-state index in [0.29, 0.717) is 6.54 Å². The molecule has 0 fully saturated rings. The molecular weight excluding hydrogens is 220 g/mol. The van der Waals surface area contributed by atoms with Gasteiger partial charge in [-0.05, 0) is 19.1 Å². The van der Waals surface area contributed by atoms with Gasteiger partial charge in [0.05, 0.1) is 17.4 Å². The van der Waals surface area contributed by atoms with Crippen molar-refractivity contribution in [2.75, 3.05) is 5.73 Å². The van der Waals surface area contributed by atoms with Crippen LogP contribution in [0.5, 0.6) is 0 Å². The smallest absolute Gasteiger partial charge is 0.109 e. The molecule has 16 heavy (non-hydrogen) atoms. The molecule has 0 aromatic carbocycles. The van der Waals surface area contributed by atoms with Crippen LogP contribution in [0.2, 0.25) is 0 Å². The van der Waals surface area contributed by atoms with Crippen molar-refractivity contribution < 1.29 is 0 Å². The summed E-state index contributed by atoms with van der Waals surface area (Å²) in [5.74, 6) is 0. The minimum atomic E-state index is 0.224. The van der Waals surface area contributed by atoms with Gasteiger partial charge in [-0.3, -0.25) is 4.98 Å². The van der Waals surface area contributed by atoms with Crippen molar-refractivity contribution in [3.05, 3.63) is 40.6 Å². The van der Waals surface area contributed by atoms with Crippen LogP contribution >= 0.6 is 11.3 Å². The summed E-state index contributed by atoms with van der Waals surface area (Å²) in [6.07, 6.45) is 3.56. The normalized spacial score (nSPS) is 12.6. The number of nitrogens with two attached hydrogens (primary N) is 1. The number of aromatic nitrogens is 2. The summed E-state index contributed by atoms with van der Waals surface area (Å²) >= 11 is 1.65. The van der Waals surface area contributed by atoms with Crippen molar-refractivity contribution in [2.45, 2.75) is 19.5 Å². The summed E-state index contributed by atoms with van der Waals surface area (Å²) in [6.45, 7) is 2.74. The average Bonchev–Trinajstić information content (AvgIpc) is 2.81. The maximum atomic E-state index is 5.81. The maximum absolute atomic E-state index is 5.81. The van der Waals surface area contributed by atoms with Gasteiger partial charge in [0.2, 0.25) is 0 Å². The minimum absolute atomic E-state index is 0.224. The second-order valence-corrected chi connectivity index (χ2v) is 4.44. The molecule has 2 heterocycles. The predicted octanol–water partition coefficient (Wildman–Crippen LogP) is 1.97. The molecule has 1 unspecified atom stereocenters. The van der Waals surface area contributed by atoms with Gasteiger partial charge in [-0.25, -0.2) is 4.98 Å². The lowest BCUT2D eigenvalue weighted by atomic mass is 10.2. The van der Waals surface area contributed by atoms with E-state index in [1.165, 1.54) is 0 Å². The fourth-order valence-electron chi connectivity index (χ4n) is 1.38. The summed E-state index contributed by atoms with van der Waals surface area (Å²) < 4.78 is 0. The number of nitrogen functional groups attached to an aromatic ring is 1. The van der Waals surface area contributed by atoms with Crippen molar-refractivity contribution in [1.29, 1.82) is 0 Å². The third kappa shape index (κ3) is 2.56. The lowest BCUT2D eigenvalue weighted by Crippen LogP contribution is -2.19. The molecule has 2 aromatic heterocycles. The molecule has 1 atom stereocenters.